The van der Waals surface area contributed by atoms with E-state index in [4.69, 9.17) is 5.11 Å². The minimum Gasteiger partial charge on any atom is -0.477 e. The van der Waals surface area contributed by atoms with E-state index in [2.05, 4.69) is 25.7 Å². The van der Waals surface area contributed by atoms with E-state index in [1.807, 2.05) is 0 Å². The van der Waals surface area contributed by atoms with Gasteiger partial charge in [-0.1, -0.05) is 0 Å². The first kappa shape index (κ1) is 12.2. The minimum absolute atomic E-state index is 0.157. The number of carboxylic acid groups (broad SMARTS) is 1. The fourth-order valence-corrected chi connectivity index (χ4v) is 2.13. The van der Waals surface area contributed by atoms with E-state index in [1.165, 1.54) is 6.20 Å². The first-order valence-electron chi connectivity index (χ1n) is 4.91. The van der Waals surface area contributed by atoms with Crippen LogP contribution in [-0.2, 0) is 6.54 Å². The predicted molar refractivity (Wildman–Crippen MR) is 61.4 cm³/mol. The topological polar surface area (TPSA) is 121 Å². The Labute approximate surface area is 105 Å². The van der Waals surface area contributed by atoms with Crippen LogP contribution in [0.1, 0.15) is 30.9 Å². The molecule has 0 radical (unpaired) electrons. The normalized spacial score (nSPS) is 10.3. The van der Waals surface area contributed by atoms with Crippen molar-refractivity contribution in [3.05, 3.63) is 27.5 Å². The number of nitrogens with one attached hydrogen (secondary N) is 2. The Hall–Kier alpha value is -2.29. The van der Waals surface area contributed by atoms with Crippen LogP contribution in [0.25, 0.3) is 0 Å². The van der Waals surface area contributed by atoms with Crippen molar-refractivity contribution in [3.63, 3.8) is 0 Å². The summed E-state index contributed by atoms with van der Waals surface area (Å²) in [4.78, 5) is 26.6. The molecule has 94 valence electrons. The van der Waals surface area contributed by atoms with E-state index in [9.17, 15) is 9.59 Å². The van der Waals surface area contributed by atoms with Gasteiger partial charge >= 0.3 is 5.97 Å². The minimum atomic E-state index is -1.01. The number of aromatic carboxylic acids is 1. The zero-order valence-corrected chi connectivity index (χ0v) is 10.1. The van der Waals surface area contributed by atoms with Crippen molar-refractivity contribution >= 4 is 23.2 Å². The quantitative estimate of drug-likeness (QED) is 0.727. The SMILES string of the molecule is Cc1nc(CNC(=O)c2cn[nH]n2)sc1C(=O)O. The van der Waals surface area contributed by atoms with Crippen molar-refractivity contribution in [1.82, 2.24) is 25.7 Å². The molecule has 0 aromatic carbocycles. The lowest BCUT2D eigenvalue weighted by Gasteiger charge is -1.98. The smallest absolute Gasteiger partial charge is 0.347 e. The summed E-state index contributed by atoms with van der Waals surface area (Å²) in [6.07, 6.45) is 1.30. The highest BCUT2D eigenvalue weighted by Gasteiger charge is 2.15. The average molecular weight is 267 g/mol. The maximum Gasteiger partial charge on any atom is 0.347 e. The molecule has 2 heterocycles. The maximum atomic E-state index is 11.5. The van der Waals surface area contributed by atoms with Crippen LogP contribution in [0.4, 0.5) is 0 Å². The molecule has 8 nitrogen and oxygen atoms in total. The Morgan fingerprint density at radius 1 is 1.56 bits per heavy atom. The number of rotatable bonds is 4. The molecule has 0 bridgehead atoms. The van der Waals surface area contributed by atoms with Gasteiger partial charge in [0.1, 0.15) is 9.88 Å². The fraction of sp³-hybridized carbons (Fsp3) is 0.222. The number of nitrogens with zero attached hydrogens (tertiary/aromatic N) is 3. The van der Waals surface area contributed by atoms with E-state index in [0.717, 1.165) is 11.3 Å². The molecule has 2 rings (SSSR count). The van der Waals surface area contributed by atoms with Crippen LogP contribution in [0.3, 0.4) is 0 Å². The maximum absolute atomic E-state index is 11.5. The number of carbonyl (C=O) groups is 2. The highest BCUT2D eigenvalue weighted by atomic mass is 32.1. The fourth-order valence-electron chi connectivity index (χ4n) is 1.28. The Morgan fingerprint density at radius 2 is 2.33 bits per heavy atom. The van der Waals surface area contributed by atoms with Crippen LogP contribution >= 0.6 is 11.3 Å². The lowest BCUT2D eigenvalue weighted by atomic mass is 10.4. The van der Waals surface area contributed by atoms with Gasteiger partial charge in [-0.25, -0.2) is 9.78 Å². The second kappa shape index (κ2) is 4.92. The molecule has 0 saturated heterocycles. The summed E-state index contributed by atoms with van der Waals surface area (Å²) in [5.74, 6) is -1.41. The molecule has 3 N–H and O–H groups in total. The number of hydrogen-bond donors (Lipinski definition) is 3. The van der Waals surface area contributed by atoms with Crippen molar-refractivity contribution in [1.29, 1.82) is 0 Å². The lowest BCUT2D eigenvalue weighted by Crippen LogP contribution is -2.23. The van der Waals surface area contributed by atoms with Crippen LogP contribution in [0.5, 0.6) is 0 Å². The van der Waals surface area contributed by atoms with Crippen LogP contribution in [0, 0.1) is 6.92 Å². The molecule has 2 aromatic rings. The molecule has 0 unspecified atom stereocenters. The third kappa shape index (κ3) is 2.51. The summed E-state index contributed by atoms with van der Waals surface area (Å²) >= 11 is 1.04. The van der Waals surface area contributed by atoms with Gasteiger partial charge < -0.3 is 10.4 Å². The lowest BCUT2D eigenvalue weighted by molar-refractivity contribution is 0.0701. The van der Waals surface area contributed by atoms with Crippen molar-refractivity contribution < 1.29 is 14.7 Å². The molecule has 0 aliphatic carbocycles. The summed E-state index contributed by atoms with van der Waals surface area (Å²) in [5, 5.41) is 21.4. The van der Waals surface area contributed by atoms with E-state index in [0.29, 0.717) is 10.7 Å². The zero-order valence-electron chi connectivity index (χ0n) is 9.30. The van der Waals surface area contributed by atoms with Gasteiger partial charge in [0, 0.05) is 0 Å². The first-order chi connectivity index (χ1) is 8.58. The predicted octanol–water partition coefficient (Wildman–Crippen LogP) is 0.198. The summed E-state index contributed by atoms with van der Waals surface area (Å²) < 4.78 is 0. The van der Waals surface area contributed by atoms with Crippen LogP contribution in [0.15, 0.2) is 6.20 Å². The molecule has 2 aromatic heterocycles. The Balaban J connectivity index is 2.01. The zero-order chi connectivity index (χ0) is 13.1. The summed E-state index contributed by atoms with van der Waals surface area (Å²) in [6, 6.07) is 0. The second-order valence-corrected chi connectivity index (χ2v) is 4.45. The molecule has 1 amide bonds. The molecule has 9 heteroatoms. The number of aryl methyl sites for hydroxylation is 1. The van der Waals surface area contributed by atoms with Gasteiger partial charge in [-0.05, 0) is 6.92 Å². The number of amides is 1. The van der Waals surface area contributed by atoms with Crippen LogP contribution in [-0.4, -0.2) is 37.4 Å². The van der Waals surface area contributed by atoms with E-state index < -0.39 is 11.9 Å². The summed E-state index contributed by atoms with van der Waals surface area (Å²) in [5.41, 5.74) is 0.611. The van der Waals surface area contributed by atoms with Gasteiger partial charge in [0.15, 0.2) is 5.69 Å². The molecule has 0 fully saturated rings. The largest absolute Gasteiger partial charge is 0.477 e. The molecule has 0 spiro atoms. The second-order valence-electron chi connectivity index (χ2n) is 3.37. The Morgan fingerprint density at radius 3 is 2.89 bits per heavy atom. The highest BCUT2D eigenvalue weighted by Crippen LogP contribution is 2.17. The molecule has 0 atom stereocenters. The van der Waals surface area contributed by atoms with Gasteiger partial charge in [0.25, 0.3) is 5.91 Å². The van der Waals surface area contributed by atoms with Gasteiger partial charge in [-0.3, -0.25) is 4.79 Å². The van der Waals surface area contributed by atoms with Gasteiger partial charge in [0.05, 0.1) is 18.4 Å². The monoisotopic (exact) mass is 267 g/mol. The number of aromatic amines is 1. The summed E-state index contributed by atoms with van der Waals surface area (Å²) in [6.45, 7) is 1.77. The highest BCUT2D eigenvalue weighted by molar-refractivity contribution is 7.13. The van der Waals surface area contributed by atoms with Crippen LogP contribution in [0.2, 0.25) is 0 Å². The number of carbonyl (C=O) groups excluding carboxylic acids is 1. The molecule has 0 saturated carbocycles. The number of carboxylic acids is 1. The first-order valence-corrected chi connectivity index (χ1v) is 5.73. The summed E-state index contributed by atoms with van der Waals surface area (Å²) in [7, 11) is 0. The molecule has 0 aliphatic heterocycles. The van der Waals surface area contributed by atoms with Gasteiger partial charge in [0.2, 0.25) is 0 Å². The van der Waals surface area contributed by atoms with Crippen molar-refractivity contribution in [3.8, 4) is 0 Å². The van der Waals surface area contributed by atoms with Crippen molar-refractivity contribution in [2.75, 3.05) is 0 Å². The molecular weight excluding hydrogens is 258 g/mol. The third-order valence-corrected chi connectivity index (χ3v) is 3.23. The molecule has 0 aliphatic rings. The third-order valence-electron chi connectivity index (χ3n) is 2.08. The van der Waals surface area contributed by atoms with Gasteiger partial charge in [-0.2, -0.15) is 15.4 Å². The van der Waals surface area contributed by atoms with E-state index in [1.54, 1.807) is 6.92 Å². The number of thiazole rings is 1. The molecular formula is C9H9N5O3S. The molecule has 18 heavy (non-hydrogen) atoms. The number of aromatic nitrogens is 4. The average Bonchev–Trinajstić information content (AvgIpc) is 2.94. The van der Waals surface area contributed by atoms with E-state index >= 15 is 0 Å². The van der Waals surface area contributed by atoms with Crippen LogP contribution < -0.4 is 5.32 Å². The number of hydrogen-bond acceptors (Lipinski definition) is 6. The standard InChI is InChI=1S/C9H9N5O3S/c1-4-7(9(16)17)18-6(12-4)3-10-8(15)5-2-11-14-13-5/h2H,3H2,1H3,(H,10,15)(H,16,17)(H,11,13,14). The Kier molecular flexibility index (Phi) is 3.33. The van der Waals surface area contributed by atoms with Crippen molar-refractivity contribution in [2.45, 2.75) is 13.5 Å². The van der Waals surface area contributed by atoms with E-state index in [-0.39, 0.29) is 17.1 Å². The van der Waals surface area contributed by atoms with Crippen molar-refractivity contribution in [2.24, 2.45) is 0 Å². The number of H-pyrrole nitrogens is 1. The van der Waals surface area contributed by atoms with Gasteiger partial charge in [-0.15, -0.1) is 11.3 Å². The Bertz CT molecular complexity index is 577.